The molecule has 2 aromatic carbocycles. The van der Waals surface area contributed by atoms with E-state index >= 15 is 0 Å². The summed E-state index contributed by atoms with van der Waals surface area (Å²) >= 11 is 0. The Bertz CT molecular complexity index is 948. The molecule has 0 aromatic heterocycles. The number of nitrogens with one attached hydrogen (secondary N) is 1. The van der Waals surface area contributed by atoms with E-state index in [1.54, 1.807) is 12.1 Å². The summed E-state index contributed by atoms with van der Waals surface area (Å²) in [5.41, 5.74) is -2.60. The Morgan fingerprint density at radius 1 is 1.16 bits per heavy atom. The van der Waals surface area contributed by atoms with Crippen LogP contribution in [0.1, 0.15) is 43.2 Å². The van der Waals surface area contributed by atoms with Crippen LogP contribution in [0.15, 0.2) is 36.4 Å². The Kier molecular flexibility index (Phi) is 6.23. The summed E-state index contributed by atoms with van der Waals surface area (Å²) in [6.45, 7) is 2.31. The summed E-state index contributed by atoms with van der Waals surface area (Å²) < 4.78 is 65.9. The number of methoxy groups -OCH3 is 1. The molecule has 5 nitrogen and oxygen atoms in total. The number of alkyl halides is 3. The largest absolute Gasteiger partial charge is 0.496 e. The smallest absolute Gasteiger partial charge is 0.418 e. The van der Waals surface area contributed by atoms with Crippen LogP contribution in [0.25, 0.3) is 0 Å². The van der Waals surface area contributed by atoms with Gasteiger partial charge in [-0.3, -0.25) is 0 Å². The van der Waals surface area contributed by atoms with E-state index in [4.69, 9.17) is 9.47 Å². The number of hydrogen-bond donors (Lipinski definition) is 3. The van der Waals surface area contributed by atoms with Crippen LogP contribution in [0.3, 0.4) is 0 Å². The molecule has 2 atom stereocenters. The molecule has 31 heavy (non-hydrogen) atoms. The number of benzene rings is 2. The van der Waals surface area contributed by atoms with Crippen LogP contribution in [-0.4, -0.2) is 35.6 Å². The molecule has 3 rings (SSSR count). The molecular formula is C22H25F4NO4. The van der Waals surface area contributed by atoms with Crippen LogP contribution in [0.5, 0.6) is 5.75 Å². The molecule has 9 heteroatoms. The summed E-state index contributed by atoms with van der Waals surface area (Å²) in [7, 11) is 1.35. The SMILES string of the molecule is COc1ccc(F)cc1C(C)(C)CC(O)(CNc1ccc2c(c1)COC2O)C(F)(F)F. The summed E-state index contributed by atoms with van der Waals surface area (Å²) in [5, 5.41) is 23.0. The maximum Gasteiger partial charge on any atom is 0.418 e. The van der Waals surface area contributed by atoms with Crippen molar-refractivity contribution in [3.63, 3.8) is 0 Å². The molecule has 2 aromatic rings. The van der Waals surface area contributed by atoms with Crippen molar-refractivity contribution in [2.45, 2.75) is 50.4 Å². The minimum atomic E-state index is -4.95. The van der Waals surface area contributed by atoms with E-state index in [0.29, 0.717) is 16.8 Å². The van der Waals surface area contributed by atoms with Gasteiger partial charge in [0.05, 0.1) is 20.3 Å². The quantitative estimate of drug-likeness (QED) is 0.553. The second kappa shape index (κ2) is 8.29. The Balaban J connectivity index is 1.85. The van der Waals surface area contributed by atoms with Crippen molar-refractivity contribution < 1.29 is 37.2 Å². The summed E-state index contributed by atoms with van der Waals surface area (Å²) in [6, 6.07) is 8.26. The van der Waals surface area contributed by atoms with Crippen molar-refractivity contribution in [2.75, 3.05) is 19.0 Å². The zero-order valence-electron chi connectivity index (χ0n) is 17.4. The first-order valence-corrected chi connectivity index (χ1v) is 9.66. The van der Waals surface area contributed by atoms with Gasteiger partial charge in [-0.1, -0.05) is 19.9 Å². The van der Waals surface area contributed by atoms with Crippen molar-refractivity contribution >= 4 is 5.69 Å². The van der Waals surface area contributed by atoms with Crippen molar-refractivity contribution in [2.24, 2.45) is 0 Å². The highest BCUT2D eigenvalue weighted by molar-refractivity contribution is 5.50. The molecule has 0 saturated carbocycles. The van der Waals surface area contributed by atoms with Gasteiger partial charge in [0.25, 0.3) is 0 Å². The maximum absolute atomic E-state index is 13.9. The van der Waals surface area contributed by atoms with Crippen LogP contribution < -0.4 is 10.1 Å². The van der Waals surface area contributed by atoms with Crippen LogP contribution in [0.2, 0.25) is 0 Å². The molecule has 0 bridgehead atoms. The second-order valence-corrected chi connectivity index (χ2v) is 8.37. The normalized spacial score (nSPS) is 18.4. The third kappa shape index (κ3) is 4.78. The Morgan fingerprint density at radius 2 is 1.87 bits per heavy atom. The number of fused-ring (bicyclic) bond motifs is 1. The molecule has 170 valence electrons. The predicted molar refractivity (Wildman–Crippen MR) is 106 cm³/mol. The Hall–Kier alpha value is -2.36. The Morgan fingerprint density at radius 3 is 2.52 bits per heavy atom. The summed E-state index contributed by atoms with van der Waals surface area (Å²) in [5.74, 6) is -0.374. The summed E-state index contributed by atoms with van der Waals surface area (Å²) in [6.07, 6.45) is -6.74. The van der Waals surface area contributed by atoms with E-state index in [2.05, 4.69) is 5.32 Å². The molecule has 3 N–H and O–H groups in total. The topological polar surface area (TPSA) is 71.0 Å². The van der Waals surface area contributed by atoms with Gasteiger partial charge in [0, 0.05) is 16.8 Å². The zero-order chi connectivity index (χ0) is 23.0. The molecule has 0 fully saturated rings. The summed E-state index contributed by atoms with van der Waals surface area (Å²) in [4.78, 5) is 0. The van der Waals surface area contributed by atoms with Gasteiger partial charge in [-0.2, -0.15) is 13.2 Å². The molecule has 1 aliphatic rings. The highest BCUT2D eigenvalue weighted by atomic mass is 19.4. The number of rotatable bonds is 7. The predicted octanol–water partition coefficient (Wildman–Crippen LogP) is 4.43. The van der Waals surface area contributed by atoms with Gasteiger partial charge in [0.2, 0.25) is 0 Å². The lowest BCUT2D eigenvalue weighted by atomic mass is 9.74. The van der Waals surface area contributed by atoms with Crippen LogP contribution >= 0.6 is 0 Å². The third-order valence-electron chi connectivity index (χ3n) is 5.54. The van der Waals surface area contributed by atoms with Gasteiger partial charge in [0.1, 0.15) is 11.6 Å². The second-order valence-electron chi connectivity index (χ2n) is 8.37. The van der Waals surface area contributed by atoms with E-state index in [1.807, 2.05) is 0 Å². The van der Waals surface area contributed by atoms with E-state index < -0.39 is 42.3 Å². The molecule has 1 aliphatic heterocycles. The number of ether oxygens (including phenoxy) is 2. The fourth-order valence-corrected chi connectivity index (χ4v) is 3.89. The lowest BCUT2D eigenvalue weighted by molar-refractivity contribution is -0.260. The van der Waals surface area contributed by atoms with Gasteiger partial charge in [-0.05, 0) is 47.7 Å². The van der Waals surface area contributed by atoms with Gasteiger partial charge in [0.15, 0.2) is 11.9 Å². The molecular weight excluding hydrogens is 418 g/mol. The highest BCUT2D eigenvalue weighted by Crippen LogP contribution is 2.44. The van der Waals surface area contributed by atoms with Gasteiger partial charge >= 0.3 is 6.18 Å². The lowest BCUT2D eigenvalue weighted by Crippen LogP contribution is -2.53. The average Bonchev–Trinajstić information content (AvgIpc) is 3.05. The number of hydrogen-bond acceptors (Lipinski definition) is 5. The first kappa shape index (κ1) is 23.3. The number of aliphatic hydroxyl groups is 2. The van der Waals surface area contributed by atoms with E-state index in [0.717, 1.165) is 12.1 Å². The fourth-order valence-electron chi connectivity index (χ4n) is 3.89. The molecule has 0 saturated heterocycles. The lowest BCUT2D eigenvalue weighted by Gasteiger charge is -2.38. The van der Waals surface area contributed by atoms with Crippen LogP contribution in [-0.2, 0) is 16.8 Å². The van der Waals surface area contributed by atoms with Crippen molar-refractivity contribution in [3.05, 3.63) is 58.9 Å². The number of anilines is 1. The van der Waals surface area contributed by atoms with Crippen LogP contribution in [0.4, 0.5) is 23.2 Å². The molecule has 0 spiro atoms. The third-order valence-corrected chi connectivity index (χ3v) is 5.54. The van der Waals surface area contributed by atoms with Crippen molar-refractivity contribution in [1.82, 2.24) is 0 Å². The van der Waals surface area contributed by atoms with E-state index in [9.17, 15) is 27.8 Å². The van der Waals surface area contributed by atoms with Gasteiger partial charge in [-0.25, -0.2) is 4.39 Å². The van der Waals surface area contributed by atoms with E-state index in [1.165, 1.54) is 33.1 Å². The number of aliphatic hydroxyl groups excluding tert-OH is 1. The van der Waals surface area contributed by atoms with E-state index in [-0.39, 0.29) is 17.9 Å². The van der Waals surface area contributed by atoms with Gasteiger partial charge in [-0.15, -0.1) is 0 Å². The molecule has 0 amide bonds. The first-order valence-electron chi connectivity index (χ1n) is 9.66. The highest BCUT2D eigenvalue weighted by Gasteiger charge is 2.56. The van der Waals surface area contributed by atoms with Gasteiger partial charge < -0.3 is 25.0 Å². The average molecular weight is 443 g/mol. The zero-order valence-corrected chi connectivity index (χ0v) is 17.4. The van der Waals surface area contributed by atoms with Crippen molar-refractivity contribution in [3.8, 4) is 5.75 Å². The fraction of sp³-hybridized carbons (Fsp3) is 0.455. The standard InChI is InChI=1S/C22H25F4NO4/c1-20(2,17-9-14(23)4-7-18(17)30-3)11-21(29,22(24,25)26)12-27-15-5-6-16-13(8-15)10-31-19(16)28/h4-9,19,27-29H,10-12H2,1-3H3. The van der Waals surface area contributed by atoms with Crippen molar-refractivity contribution in [1.29, 1.82) is 0 Å². The minimum Gasteiger partial charge on any atom is -0.496 e. The molecule has 0 aliphatic carbocycles. The first-order chi connectivity index (χ1) is 14.4. The van der Waals surface area contributed by atoms with Crippen LogP contribution in [0, 0.1) is 5.82 Å². The monoisotopic (exact) mass is 443 g/mol. The maximum atomic E-state index is 13.9. The number of halogens is 4. The molecule has 0 radical (unpaired) electrons. The Labute approximate surface area is 177 Å². The molecule has 2 unspecified atom stereocenters. The molecule has 1 heterocycles. The minimum absolute atomic E-state index is 0.141.